The predicted molar refractivity (Wildman–Crippen MR) is 143 cm³/mol. The van der Waals surface area contributed by atoms with E-state index in [1.165, 1.54) is 51.7 Å². The summed E-state index contributed by atoms with van der Waals surface area (Å²) in [5.41, 5.74) is 9.72. The molecule has 7 nitrogen and oxygen atoms in total. The van der Waals surface area contributed by atoms with E-state index in [9.17, 15) is 0 Å². The molecule has 1 N–H and O–H groups in total. The van der Waals surface area contributed by atoms with Gasteiger partial charge in [-0.05, 0) is 91.2 Å². The second kappa shape index (κ2) is 9.47. The van der Waals surface area contributed by atoms with E-state index in [1.54, 1.807) is 12.5 Å². The highest BCUT2D eigenvalue weighted by molar-refractivity contribution is 5.92. The molecule has 0 saturated carbocycles. The van der Waals surface area contributed by atoms with E-state index in [0.717, 1.165) is 37.4 Å². The smallest absolute Gasteiger partial charge is 0.155 e. The normalized spacial score (nSPS) is 15.4. The van der Waals surface area contributed by atoms with Crippen molar-refractivity contribution in [3.05, 3.63) is 77.5 Å². The first-order valence-corrected chi connectivity index (χ1v) is 13.1. The van der Waals surface area contributed by atoms with Gasteiger partial charge in [0.2, 0.25) is 0 Å². The van der Waals surface area contributed by atoms with Crippen LogP contribution in [-0.4, -0.2) is 47.8 Å². The number of pyridine rings is 1. The van der Waals surface area contributed by atoms with Crippen molar-refractivity contribution in [2.75, 3.05) is 13.1 Å². The van der Waals surface area contributed by atoms with Crippen molar-refractivity contribution in [1.29, 1.82) is 0 Å². The molecule has 0 aliphatic carbocycles. The van der Waals surface area contributed by atoms with Gasteiger partial charge in [-0.3, -0.25) is 4.90 Å². The van der Waals surface area contributed by atoms with Gasteiger partial charge in [-0.25, -0.2) is 9.50 Å². The molecule has 0 unspecified atom stereocenters. The first kappa shape index (κ1) is 22.9. The number of benzene rings is 1. The number of aromatic amines is 1. The first-order chi connectivity index (χ1) is 17.6. The maximum atomic E-state index is 4.40. The van der Waals surface area contributed by atoms with Gasteiger partial charge in [0, 0.05) is 35.4 Å². The van der Waals surface area contributed by atoms with Crippen LogP contribution in [0.4, 0.5) is 0 Å². The highest BCUT2D eigenvalue weighted by Crippen LogP contribution is 2.39. The molecule has 5 aromatic rings. The fourth-order valence-corrected chi connectivity index (χ4v) is 5.79. The van der Waals surface area contributed by atoms with Crippen LogP contribution in [0.2, 0.25) is 0 Å². The Hall–Kier alpha value is -3.58. The van der Waals surface area contributed by atoms with Crippen LogP contribution in [0.15, 0.2) is 55.1 Å². The minimum Gasteiger partial charge on any atom is -0.354 e. The molecule has 0 radical (unpaired) electrons. The molecule has 1 saturated heterocycles. The van der Waals surface area contributed by atoms with Crippen LogP contribution in [0, 0.1) is 0 Å². The van der Waals surface area contributed by atoms with Crippen LogP contribution in [0.25, 0.3) is 27.8 Å². The number of H-pyrrole nitrogens is 1. The molecular formula is C29H33N7. The topological polar surface area (TPSA) is 75.0 Å². The lowest BCUT2D eigenvalue weighted by Crippen LogP contribution is -2.32. The summed E-state index contributed by atoms with van der Waals surface area (Å²) >= 11 is 0. The molecule has 0 amide bonds. The van der Waals surface area contributed by atoms with Crippen molar-refractivity contribution < 1.29 is 0 Å². The fraction of sp³-hybridized carbons (Fsp3) is 0.379. The van der Waals surface area contributed by atoms with Crippen molar-refractivity contribution in [1.82, 2.24) is 34.7 Å². The maximum Gasteiger partial charge on any atom is 0.155 e. The van der Waals surface area contributed by atoms with Crippen LogP contribution >= 0.6 is 0 Å². The zero-order chi connectivity index (χ0) is 24.6. The molecule has 184 valence electrons. The summed E-state index contributed by atoms with van der Waals surface area (Å²) < 4.78 is 1.88. The summed E-state index contributed by atoms with van der Waals surface area (Å²) in [4.78, 5) is 10.7. The number of likely N-dealkylation sites (tertiary alicyclic amines) is 1. The summed E-state index contributed by atoms with van der Waals surface area (Å²) in [5, 5.41) is 14.0. The van der Waals surface area contributed by atoms with Crippen LogP contribution < -0.4 is 0 Å². The molecular weight excluding hydrogens is 446 g/mol. The number of piperidine rings is 1. The highest BCUT2D eigenvalue weighted by atomic mass is 15.3. The van der Waals surface area contributed by atoms with E-state index in [1.807, 2.05) is 10.6 Å². The van der Waals surface area contributed by atoms with Crippen LogP contribution in [-0.2, 0) is 13.0 Å². The van der Waals surface area contributed by atoms with E-state index in [0.29, 0.717) is 11.8 Å². The van der Waals surface area contributed by atoms with E-state index >= 15 is 0 Å². The van der Waals surface area contributed by atoms with Crippen molar-refractivity contribution in [2.45, 2.75) is 58.4 Å². The van der Waals surface area contributed by atoms with Crippen molar-refractivity contribution in [3.63, 3.8) is 0 Å². The Kier molecular flexibility index (Phi) is 6.01. The van der Waals surface area contributed by atoms with E-state index < -0.39 is 0 Å². The largest absolute Gasteiger partial charge is 0.354 e. The second-order valence-electron chi connectivity index (χ2n) is 10.3. The van der Waals surface area contributed by atoms with E-state index in [2.05, 4.69) is 87.5 Å². The summed E-state index contributed by atoms with van der Waals surface area (Å²) in [6, 6.07) is 13.3. The minimum atomic E-state index is 0.397. The van der Waals surface area contributed by atoms with Crippen molar-refractivity contribution in [3.8, 4) is 11.3 Å². The van der Waals surface area contributed by atoms with Crippen molar-refractivity contribution >= 4 is 16.6 Å². The summed E-state index contributed by atoms with van der Waals surface area (Å²) in [5.74, 6) is 0.984. The summed E-state index contributed by atoms with van der Waals surface area (Å²) in [6.07, 6.45) is 8.78. The number of nitrogens with zero attached hydrogens (tertiary/aromatic N) is 6. The van der Waals surface area contributed by atoms with Crippen LogP contribution in [0.1, 0.15) is 67.8 Å². The molecule has 0 spiro atoms. The average molecular weight is 480 g/mol. The van der Waals surface area contributed by atoms with Gasteiger partial charge < -0.3 is 4.98 Å². The van der Waals surface area contributed by atoms with Gasteiger partial charge in [-0.1, -0.05) is 26.8 Å². The Balaban J connectivity index is 1.31. The molecule has 0 bridgehead atoms. The Bertz CT molecular complexity index is 1490. The predicted octanol–water partition coefficient (Wildman–Crippen LogP) is 5.73. The second-order valence-corrected chi connectivity index (χ2v) is 10.3. The van der Waals surface area contributed by atoms with Gasteiger partial charge in [0.15, 0.2) is 5.65 Å². The van der Waals surface area contributed by atoms with Gasteiger partial charge in [0.1, 0.15) is 6.33 Å². The molecule has 1 aromatic carbocycles. The Morgan fingerprint density at radius 1 is 1.11 bits per heavy atom. The quantitative estimate of drug-likeness (QED) is 0.336. The third-order valence-corrected chi connectivity index (χ3v) is 7.66. The molecule has 0 atom stereocenters. The van der Waals surface area contributed by atoms with Gasteiger partial charge in [0.25, 0.3) is 0 Å². The molecule has 1 fully saturated rings. The zero-order valence-electron chi connectivity index (χ0n) is 21.3. The number of rotatable bonds is 6. The first-order valence-electron chi connectivity index (χ1n) is 13.1. The SMILES string of the molecule is CCc1cc2ncnn2cc1-c1[nH]c2ccc(C3CCN(Cc4cccnn4)CC3)cc2c1C(C)C. The number of hydrogen-bond donors (Lipinski definition) is 1. The van der Waals surface area contributed by atoms with Gasteiger partial charge in [-0.2, -0.15) is 15.3 Å². The Labute approximate surface area is 211 Å². The zero-order valence-corrected chi connectivity index (χ0v) is 21.3. The highest BCUT2D eigenvalue weighted by Gasteiger charge is 2.24. The Morgan fingerprint density at radius 2 is 1.97 bits per heavy atom. The van der Waals surface area contributed by atoms with Crippen LogP contribution in [0.5, 0.6) is 0 Å². The molecule has 7 heteroatoms. The lowest BCUT2D eigenvalue weighted by molar-refractivity contribution is 0.202. The number of aryl methyl sites for hydroxylation is 1. The van der Waals surface area contributed by atoms with Gasteiger partial charge in [-0.15, -0.1) is 0 Å². The van der Waals surface area contributed by atoms with Crippen LogP contribution in [0.3, 0.4) is 0 Å². The third-order valence-electron chi connectivity index (χ3n) is 7.66. The van der Waals surface area contributed by atoms with Gasteiger partial charge in [0.05, 0.1) is 11.4 Å². The lowest BCUT2D eigenvalue weighted by Gasteiger charge is -2.32. The van der Waals surface area contributed by atoms with Crippen molar-refractivity contribution in [2.24, 2.45) is 0 Å². The maximum absolute atomic E-state index is 4.40. The number of fused-ring (bicyclic) bond motifs is 2. The molecule has 1 aliphatic heterocycles. The minimum absolute atomic E-state index is 0.397. The molecule has 6 rings (SSSR count). The lowest BCUT2D eigenvalue weighted by atomic mass is 9.87. The van der Waals surface area contributed by atoms with Gasteiger partial charge >= 0.3 is 0 Å². The summed E-state index contributed by atoms with van der Waals surface area (Å²) in [6.45, 7) is 9.86. The molecule has 5 heterocycles. The molecule has 1 aliphatic rings. The Morgan fingerprint density at radius 3 is 2.72 bits per heavy atom. The standard InChI is InChI=1S/C29H33N7/c1-4-20-15-27-30-18-32-36(27)17-25(20)29-28(19(2)3)24-14-22(7-8-26(24)33-29)21-9-12-35(13-10-21)16-23-6-5-11-31-34-23/h5-8,11,14-15,17-19,21,33H,4,9-10,12-13,16H2,1-3H3. The third kappa shape index (κ3) is 4.17. The molecule has 36 heavy (non-hydrogen) atoms. The van der Waals surface area contributed by atoms with E-state index in [-0.39, 0.29) is 0 Å². The summed E-state index contributed by atoms with van der Waals surface area (Å²) in [7, 11) is 0. The fourth-order valence-electron chi connectivity index (χ4n) is 5.79. The number of nitrogens with one attached hydrogen (secondary N) is 1. The molecule has 4 aromatic heterocycles. The van der Waals surface area contributed by atoms with E-state index in [4.69, 9.17) is 0 Å². The number of hydrogen-bond acceptors (Lipinski definition) is 5. The average Bonchev–Trinajstić information content (AvgIpc) is 3.52. The number of aromatic nitrogens is 6. The monoisotopic (exact) mass is 479 g/mol.